The summed E-state index contributed by atoms with van der Waals surface area (Å²) in [5.41, 5.74) is 3.96. The third-order valence-electron chi connectivity index (χ3n) is 4.21. The van der Waals surface area contributed by atoms with Gasteiger partial charge in [0, 0.05) is 16.1 Å². The first kappa shape index (κ1) is 22.3. The molecule has 0 saturated carbocycles. The minimum atomic E-state index is -4.12. The molecule has 0 atom stereocenters. The van der Waals surface area contributed by atoms with E-state index in [9.17, 15) is 13.2 Å². The number of hydrazone groups is 1. The number of methoxy groups -OCH3 is 1. The lowest BCUT2D eigenvalue weighted by atomic mass is 10.2. The number of hydrogen-bond acceptors (Lipinski definition) is 6. The molecule has 0 unspecified atom stereocenters. The monoisotopic (exact) mass is 458 g/mol. The molecule has 0 fully saturated rings. The smallest absolute Gasteiger partial charge is 0.339 e. The van der Waals surface area contributed by atoms with Gasteiger partial charge in [0.25, 0.3) is 5.91 Å². The van der Waals surface area contributed by atoms with Crippen molar-refractivity contribution in [3.63, 3.8) is 0 Å². The van der Waals surface area contributed by atoms with E-state index in [1.165, 1.54) is 25.5 Å². The summed E-state index contributed by atoms with van der Waals surface area (Å²) in [6.07, 6.45) is 1.27. The van der Waals surface area contributed by atoms with Gasteiger partial charge in [-0.3, -0.25) is 4.79 Å². The van der Waals surface area contributed by atoms with Gasteiger partial charge in [-0.15, -0.1) is 0 Å². The summed E-state index contributed by atoms with van der Waals surface area (Å²) in [6, 6.07) is 17.3. The van der Waals surface area contributed by atoms with Crippen molar-refractivity contribution in [3.8, 4) is 11.5 Å². The van der Waals surface area contributed by atoms with E-state index < -0.39 is 16.0 Å². The highest BCUT2D eigenvalue weighted by Crippen LogP contribution is 2.32. The van der Waals surface area contributed by atoms with Crippen molar-refractivity contribution in [2.45, 2.75) is 11.8 Å². The Hall–Kier alpha value is -3.36. The number of rotatable bonds is 7. The van der Waals surface area contributed by atoms with Crippen LogP contribution >= 0.6 is 11.6 Å². The average Bonchev–Trinajstić information content (AvgIpc) is 2.75. The van der Waals surface area contributed by atoms with Gasteiger partial charge >= 0.3 is 10.1 Å². The van der Waals surface area contributed by atoms with E-state index in [4.69, 9.17) is 20.5 Å². The Balaban J connectivity index is 1.84. The first-order valence-corrected chi connectivity index (χ1v) is 10.9. The molecule has 0 bridgehead atoms. The van der Waals surface area contributed by atoms with Gasteiger partial charge in [0.2, 0.25) is 0 Å². The molecule has 3 aromatic rings. The number of aryl methyl sites for hydroxylation is 1. The number of para-hydroxylation sites is 1. The Bertz CT molecular complexity index is 1210. The van der Waals surface area contributed by atoms with Gasteiger partial charge in [-0.05, 0) is 55.5 Å². The van der Waals surface area contributed by atoms with Crippen LogP contribution in [0.3, 0.4) is 0 Å². The summed E-state index contributed by atoms with van der Waals surface area (Å²) in [6.45, 7) is 1.85. The van der Waals surface area contributed by atoms with Gasteiger partial charge in [0.15, 0.2) is 11.5 Å². The van der Waals surface area contributed by atoms with Crippen LogP contribution in [0.5, 0.6) is 11.5 Å². The van der Waals surface area contributed by atoms with Crippen LogP contribution in [0.1, 0.15) is 21.5 Å². The van der Waals surface area contributed by atoms with Gasteiger partial charge in [-0.1, -0.05) is 35.4 Å². The van der Waals surface area contributed by atoms with E-state index in [2.05, 4.69) is 10.5 Å². The second-order valence-corrected chi connectivity index (χ2v) is 8.42. The molecule has 9 heteroatoms. The first-order chi connectivity index (χ1) is 14.8. The Labute approximate surface area is 185 Å². The summed E-state index contributed by atoms with van der Waals surface area (Å²) in [5.74, 6) is -0.302. The fourth-order valence-electron chi connectivity index (χ4n) is 2.57. The standard InChI is InChI=1S/C22H19ClN2O5S/c1-15-6-12-19(13-7-15)31(27,28)30-21-17(4-3-5-20(21)29-2)14-24-25-22(26)16-8-10-18(23)11-9-16/h3-14H,1-2H3,(H,25,26)/b24-14-. The molecule has 0 spiro atoms. The number of nitrogens with one attached hydrogen (secondary N) is 1. The van der Waals surface area contributed by atoms with Crippen molar-refractivity contribution in [2.24, 2.45) is 5.10 Å². The van der Waals surface area contributed by atoms with E-state index in [0.29, 0.717) is 16.1 Å². The molecule has 0 aliphatic rings. The maximum atomic E-state index is 12.7. The maximum Gasteiger partial charge on any atom is 0.339 e. The summed E-state index contributed by atoms with van der Waals surface area (Å²) in [5, 5.41) is 4.41. The molecule has 3 aromatic carbocycles. The molecule has 1 amide bonds. The van der Waals surface area contributed by atoms with Gasteiger partial charge < -0.3 is 8.92 Å². The van der Waals surface area contributed by atoms with Crippen LogP contribution in [0, 0.1) is 6.92 Å². The number of nitrogens with zero attached hydrogens (tertiary/aromatic N) is 1. The number of carbonyl (C=O) groups is 1. The molecule has 7 nitrogen and oxygen atoms in total. The molecule has 0 aromatic heterocycles. The number of carbonyl (C=O) groups excluding carboxylic acids is 1. The van der Waals surface area contributed by atoms with Crippen LogP contribution in [0.4, 0.5) is 0 Å². The van der Waals surface area contributed by atoms with Crippen LogP contribution in [-0.2, 0) is 10.1 Å². The van der Waals surface area contributed by atoms with E-state index in [0.717, 1.165) is 5.56 Å². The Morgan fingerprint density at radius 3 is 2.35 bits per heavy atom. The molecule has 1 N–H and O–H groups in total. The predicted molar refractivity (Wildman–Crippen MR) is 118 cm³/mol. The topological polar surface area (TPSA) is 94.1 Å². The van der Waals surface area contributed by atoms with Crippen LogP contribution < -0.4 is 14.3 Å². The van der Waals surface area contributed by atoms with Crippen molar-refractivity contribution in [1.82, 2.24) is 5.43 Å². The van der Waals surface area contributed by atoms with Crippen LogP contribution in [0.25, 0.3) is 0 Å². The molecule has 0 aliphatic carbocycles. The zero-order valence-corrected chi connectivity index (χ0v) is 18.3. The van der Waals surface area contributed by atoms with Gasteiger partial charge in [0.1, 0.15) is 4.90 Å². The van der Waals surface area contributed by atoms with Gasteiger partial charge in [0.05, 0.1) is 13.3 Å². The number of amides is 1. The molecule has 3 rings (SSSR count). The van der Waals surface area contributed by atoms with Crippen molar-refractivity contribution >= 4 is 33.8 Å². The SMILES string of the molecule is COc1cccc(/C=N\NC(=O)c2ccc(Cl)cc2)c1OS(=O)(=O)c1ccc(C)cc1. The van der Waals surface area contributed by atoms with Crippen molar-refractivity contribution < 1.29 is 22.1 Å². The molecule has 0 saturated heterocycles. The molecular formula is C22H19ClN2O5S. The van der Waals surface area contributed by atoms with E-state index in [1.807, 2.05) is 6.92 Å². The van der Waals surface area contributed by atoms with Crippen LogP contribution in [0.2, 0.25) is 5.02 Å². The van der Waals surface area contributed by atoms with Crippen LogP contribution in [0.15, 0.2) is 76.7 Å². The molecule has 0 aliphatic heterocycles. The molecule has 31 heavy (non-hydrogen) atoms. The van der Waals surface area contributed by atoms with Gasteiger partial charge in [-0.2, -0.15) is 13.5 Å². The van der Waals surface area contributed by atoms with Gasteiger partial charge in [-0.25, -0.2) is 5.43 Å². The lowest BCUT2D eigenvalue weighted by Crippen LogP contribution is -2.17. The van der Waals surface area contributed by atoms with Crippen LogP contribution in [-0.4, -0.2) is 27.6 Å². The highest BCUT2D eigenvalue weighted by molar-refractivity contribution is 7.87. The molecule has 0 radical (unpaired) electrons. The lowest BCUT2D eigenvalue weighted by molar-refractivity contribution is 0.0955. The zero-order valence-electron chi connectivity index (χ0n) is 16.7. The summed E-state index contributed by atoms with van der Waals surface area (Å²) >= 11 is 5.82. The predicted octanol–water partition coefficient (Wildman–Crippen LogP) is 4.19. The number of hydrogen-bond donors (Lipinski definition) is 1. The number of halogens is 1. The Morgan fingerprint density at radius 1 is 1.03 bits per heavy atom. The zero-order chi connectivity index (χ0) is 22.4. The normalized spacial score (nSPS) is 11.3. The molecule has 0 heterocycles. The van der Waals surface area contributed by atoms with Crippen molar-refractivity contribution in [2.75, 3.05) is 7.11 Å². The molecular weight excluding hydrogens is 440 g/mol. The third kappa shape index (κ3) is 5.62. The number of ether oxygens (including phenoxy) is 1. The lowest BCUT2D eigenvalue weighted by Gasteiger charge is -2.13. The Kier molecular flexibility index (Phi) is 6.94. The third-order valence-corrected chi connectivity index (χ3v) is 5.70. The van der Waals surface area contributed by atoms with Crippen molar-refractivity contribution in [1.29, 1.82) is 0 Å². The second kappa shape index (κ2) is 9.63. The quantitative estimate of drug-likeness (QED) is 0.325. The fourth-order valence-corrected chi connectivity index (χ4v) is 3.66. The summed E-state index contributed by atoms with van der Waals surface area (Å²) < 4.78 is 36.1. The first-order valence-electron chi connectivity index (χ1n) is 9.07. The van der Waals surface area contributed by atoms with E-state index in [-0.39, 0.29) is 16.4 Å². The average molecular weight is 459 g/mol. The molecule has 160 valence electrons. The minimum absolute atomic E-state index is 0.00272. The highest BCUT2D eigenvalue weighted by atomic mass is 35.5. The highest BCUT2D eigenvalue weighted by Gasteiger charge is 2.21. The summed E-state index contributed by atoms with van der Waals surface area (Å²) in [7, 11) is -2.72. The Morgan fingerprint density at radius 2 is 1.71 bits per heavy atom. The second-order valence-electron chi connectivity index (χ2n) is 6.44. The fraction of sp³-hybridized carbons (Fsp3) is 0.0909. The van der Waals surface area contributed by atoms with E-state index in [1.54, 1.807) is 54.6 Å². The van der Waals surface area contributed by atoms with E-state index >= 15 is 0 Å². The minimum Gasteiger partial charge on any atom is -0.493 e. The maximum absolute atomic E-state index is 12.7. The number of benzene rings is 3. The summed E-state index contributed by atoms with van der Waals surface area (Å²) in [4.78, 5) is 12.2. The van der Waals surface area contributed by atoms with Crippen molar-refractivity contribution in [3.05, 3.63) is 88.4 Å². The largest absolute Gasteiger partial charge is 0.493 e.